The van der Waals surface area contributed by atoms with Crippen LogP contribution in [-0.4, -0.2) is 27.3 Å². The van der Waals surface area contributed by atoms with E-state index in [9.17, 15) is 10.1 Å². The lowest BCUT2D eigenvalue weighted by atomic mass is 9.83. The van der Waals surface area contributed by atoms with Crippen LogP contribution in [-0.2, 0) is 0 Å². The number of carbonyl (C=O) groups excluding carboxylic acids is 1. The van der Waals surface area contributed by atoms with Crippen molar-refractivity contribution < 1.29 is 32.9 Å². The molecule has 4 rings (SSSR count). The molecule has 2 N–H and O–H groups in total. The summed E-state index contributed by atoms with van der Waals surface area (Å²) in [7, 11) is 4.52. The van der Waals surface area contributed by atoms with Crippen LogP contribution >= 0.6 is 0 Å². The summed E-state index contributed by atoms with van der Waals surface area (Å²) in [6.07, 6.45) is 1.38. The molecular formula is C24H20N2O7. The molecule has 0 radical (unpaired) electrons. The molecule has 9 heteroatoms. The molecule has 9 nitrogen and oxygen atoms in total. The van der Waals surface area contributed by atoms with Gasteiger partial charge in [0.1, 0.15) is 23.1 Å². The summed E-state index contributed by atoms with van der Waals surface area (Å²) in [4.78, 5) is 12.2. The second-order valence-electron chi connectivity index (χ2n) is 6.95. The number of hydrogen-bond acceptors (Lipinski definition) is 9. The first-order valence-electron chi connectivity index (χ1n) is 9.77. The molecule has 1 aliphatic rings. The zero-order chi connectivity index (χ0) is 23.5. The number of nitrogens with zero attached hydrogens (tertiary/aromatic N) is 1. The van der Waals surface area contributed by atoms with Crippen molar-refractivity contribution in [2.24, 2.45) is 5.73 Å². The molecule has 0 saturated heterocycles. The minimum atomic E-state index is -0.654. The highest BCUT2D eigenvalue weighted by atomic mass is 16.6. The van der Waals surface area contributed by atoms with Gasteiger partial charge in [-0.3, -0.25) is 0 Å². The van der Waals surface area contributed by atoms with Crippen molar-refractivity contribution in [3.63, 3.8) is 0 Å². The van der Waals surface area contributed by atoms with Gasteiger partial charge >= 0.3 is 5.97 Å². The molecule has 0 aliphatic carbocycles. The van der Waals surface area contributed by atoms with E-state index >= 15 is 0 Å². The van der Waals surface area contributed by atoms with Crippen molar-refractivity contribution in [1.29, 1.82) is 5.26 Å². The maximum absolute atomic E-state index is 12.2. The van der Waals surface area contributed by atoms with Crippen LogP contribution in [0.3, 0.4) is 0 Å². The van der Waals surface area contributed by atoms with Gasteiger partial charge in [-0.1, -0.05) is 6.07 Å². The Morgan fingerprint density at radius 1 is 1.06 bits per heavy atom. The first-order valence-corrected chi connectivity index (χ1v) is 9.77. The van der Waals surface area contributed by atoms with Gasteiger partial charge in [-0.15, -0.1) is 0 Å². The number of nitrogens with two attached hydrogens (primary N) is 1. The van der Waals surface area contributed by atoms with Gasteiger partial charge in [-0.25, -0.2) is 4.79 Å². The average Bonchev–Trinajstić information content (AvgIpc) is 3.37. The zero-order valence-corrected chi connectivity index (χ0v) is 18.1. The van der Waals surface area contributed by atoms with E-state index in [1.165, 1.54) is 39.7 Å². The van der Waals surface area contributed by atoms with E-state index in [4.69, 9.17) is 33.8 Å². The fourth-order valence-corrected chi connectivity index (χ4v) is 3.66. The van der Waals surface area contributed by atoms with Crippen LogP contribution in [0.5, 0.6) is 28.7 Å². The molecule has 0 amide bonds. The van der Waals surface area contributed by atoms with Crippen LogP contribution in [0.25, 0.3) is 0 Å². The van der Waals surface area contributed by atoms with Gasteiger partial charge in [0.25, 0.3) is 0 Å². The second-order valence-corrected chi connectivity index (χ2v) is 6.95. The van der Waals surface area contributed by atoms with Gasteiger partial charge in [-0.05, 0) is 35.9 Å². The van der Waals surface area contributed by atoms with E-state index in [-0.39, 0.29) is 23.0 Å². The number of carbonyl (C=O) groups is 1. The fraction of sp³-hybridized carbons (Fsp3) is 0.167. The molecule has 0 saturated carbocycles. The van der Waals surface area contributed by atoms with Gasteiger partial charge in [0, 0.05) is 11.6 Å². The minimum Gasteiger partial charge on any atom is -0.493 e. The molecule has 3 aromatic rings. The Morgan fingerprint density at radius 3 is 2.36 bits per heavy atom. The Balaban J connectivity index is 1.79. The normalized spacial score (nSPS) is 14.5. The minimum absolute atomic E-state index is 0.0572. The lowest BCUT2D eigenvalue weighted by Crippen LogP contribution is -2.21. The van der Waals surface area contributed by atoms with Crippen molar-refractivity contribution in [1.82, 2.24) is 0 Å². The van der Waals surface area contributed by atoms with Crippen LogP contribution in [0, 0.1) is 11.3 Å². The maximum Gasteiger partial charge on any atom is 0.379 e. The zero-order valence-electron chi connectivity index (χ0n) is 18.1. The number of rotatable bonds is 6. The molecule has 1 aromatic heterocycles. The van der Waals surface area contributed by atoms with E-state index < -0.39 is 11.9 Å². The van der Waals surface area contributed by atoms with E-state index in [0.717, 1.165) is 0 Å². The number of benzene rings is 2. The summed E-state index contributed by atoms with van der Waals surface area (Å²) in [5.74, 6) is 0.627. The number of nitriles is 1. The smallest absolute Gasteiger partial charge is 0.379 e. The molecule has 0 fully saturated rings. The van der Waals surface area contributed by atoms with Crippen LogP contribution in [0.2, 0.25) is 0 Å². The molecule has 1 atom stereocenters. The van der Waals surface area contributed by atoms with Crippen molar-refractivity contribution in [3.8, 4) is 34.8 Å². The Kier molecular flexibility index (Phi) is 5.83. The Labute approximate surface area is 189 Å². The van der Waals surface area contributed by atoms with Crippen LogP contribution < -0.4 is 29.4 Å². The highest BCUT2D eigenvalue weighted by molar-refractivity contribution is 5.88. The third-order valence-electron chi connectivity index (χ3n) is 5.14. The number of allylic oxidation sites excluding steroid dienone is 1. The van der Waals surface area contributed by atoms with E-state index in [1.54, 1.807) is 30.3 Å². The summed E-state index contributed by atoms with van der Waals surface area (Å²) in [5.41, 5.74) is 7.62. The maximum atomic E-state index is 12.2. The largest absolute Gasteiger partial charge is 0.493 e. The van der Waals surface area contributed by atoms with Gasteiger partial charge in [0.05, 0.1) is 33.5 Å². The first kappa shape index (κ1) is 21.6. The summed E-state index contributed by atoms with van der Waals surface area (Å²) < 4.78 is 32.4. The SMILES string of the molecule is COc1cc(C2C(C#N)=C(N)Oc3cc(OC(=O)c4ccco4)ccc32)cc(OC)c1OC. The Morgan fingerprint density at radius 2 is 1.79 bits per heavy atom. The average molecular weight is 448 g/mol. The molecule has 1 unspecified atom stereocenters. The number of fused-ring (bicyclic) bond motifs is 1. The van der Waals surface area contributed by atoms with E-state index in [0.29, 0.717) is 34.1 Å². The van der Waals surface area contributed by atoms with Gasteiger partial charge in [-0.2, -0.15) is 5.26 Å². The predicted molar refractivity (Wildman–Crippen MR) is 116 cm³/mol. The molecular weight excluding hydrogens is 428 g/mol. The number of hydrogen-bond donors (Lipinski definition) is 1. The lowest BCUT2D eigenvalue weighted by molar-refractivity contribution is 0.0701. The number of methoxy groups -OCH3 is 3. The van der Waals surface area contributed by atoms with Crippen molar-refractivity contribution in [3.05, 3.63) is 77.1 Å². The van der Waals surface area contributed by atoms with Crippen LogP contribution in [0.4, 0.5) is 0 Å². The predicted octanol–water partition coefficient (Wildman–Crippen LogP) is 3.74. The first-order chi connectivity index (χ1) is 16.0. The Bertz CT molecular complexity index is 1250. The highest BCUT2D eigenvalue weighted by Crippen LogP contribution is 2.47. The monoisotopic (exact) mass is 448 g/mol. The van der Waals surface area contributed by atoms with Crippen molar-refractivity contribution >= 4 is 5.97 Å². The molecule has 2 aromatic carbocycles. The molecule has 168 valence electrons. The van der Waals surface area contributed by atoms with Crippen LogP contribution in [0.15, 0.2) is 64.6 Å². The second kappa shape index (κ2) is 8.88. The third kappa shape index (κ3) is 3.90. The highest BCUT2D eigenvalue weighted by Gasteiger charge is 2.32. The summed E-state index contributed by atoms with van der Waals surface area (Å²) in [5, 5.41) is 9.82. The third-order valence-corrected chi connectivity index (χ3v) is 5.14. The fourth-order valence-electron chi connectivity index (χ4n) is 3.66. The van der Waals surface area contributed by atoms with E-state index in [2.05, 4.69) is 6.07 Å². The number of esters is 1. The molecule has 33 heavy (non-hydrogen) atoms. The van der Waals surface area contributed by atoms with E-state index in [1.807, 2.05) is 0 Å². The quantitative estimate of drug-likeness (QED) is 0.443. The summed E-state index contributed by atoms with van der Waals surface area (Å²) >= 11 is 0. The van der Waals surface area contributed by atoms with Gasteiger partial charge in [0.15, 0.2) is 11.5 Å². The number of ether oxygens (including phenoxy) is 5. The topological polar surface area (TPSA) is 126 Å². The Hall–Kier alpha value is -4.58. The summed E-state index contributed by atoms with van der Waals surface area (Å²) in [6.45, 7) is 0. The lowest BCUT2D eigenvalue weighted by Gasteiger charge is -2.27. The van der Waals surface area contributed by atoms with Gasteiger partial charge < -0.3 is 33.8 Å². The van der Waals surface area contributed by atoms with Gasteiger partial charge in [0.2, 0.25) is 17.4 Å². The molecule has 0 bridgehead atoms. The summed E-state index contributed by atoms with van der Waals surface area (Å²) in [6, 6.07) is 13.5. The van der Waals surface area contributed by atoms with Crippen LogP contribution in [0.1, 0.15) is 27.6 Å². The van der Waals surface area contributed by atoms with Crippen molar-refractivity contribution in [2.45, 2.75) is 5.92 Å². The molecule has 2 heterocycles. The molecule has 1 aliphatic heterocycles. The molecule has 0 spiro atoms. The number of furan rings is 1. The van der Waals surface area contributed by atoms with Crippen molar-refractivity contribution in [2.75, 3.05) is 21.3 Å². The standard InChI is InChI=1S/C24H20N2O7/c1-28-19-9-13(10-20(29-2)22(19)30-3)21-15-7-6-14(32-24(27)17-5-4-8-31-17)11-18(15)33-23(26)16(21)12-25/h4-11,21H,26H2,1-3H3.